The molecule has 2 rings (SSSR count). The van der Waals surface area contributed by atoms with E-state index in [-0.39, 0.29) is 12.0 Å². The van der Waals surface area contributed by atoms with E-state index in [1.54, 1.807) is 24.3 Å². The van der Waals surface area contributed by atoms with E-state index in [2.05, 4.69) is 0 Å². The molecule has 0 atom stereocenters. The molecule has 0 amide bonds. The first-order valence-corrected chi connectivity index (χ1v) is 6.69. The fourth-order valence-electron chi connectivity index (χ4n) is 2.02. The summed E-state index contributed by atoms with van der Waals surface area (Å²) < 4.78 is 38.5. The van der Waals surface area contributed by atoms with E-state index < -0.39 is 17.5 Å². The molecule has 0 fully saturated rings. The highest BCUT2D eigenvalue weighted by atomic mass is 35.5. The molecule has 0 saturated heterocycles. The highest BCUT2D eigenvalue weighted by Crippen LogP contribution is 2.32. The number of carbonyl (C=O) groups excluding carboxylic acids is 1. The zero-order chi connectivity index (χ0) is 15.5. The molecule has 0 N–H and O–H groups in total. The molecule has 0 aliphatic heterocycles. The van der Waals surface area contributed by atoms with Crippen molar-refractivity contribution >= 4 is 17.4 Å². The first kappa shape index (κ1) is 15.6. The Morgan fingerprint density at radius 3 is 2.24 bits per heavy atom. The first-order valence-electron chi connectivity index (χ1n) is 6.32. The normalized spacial score (nSPS) is 11.4. The predicted molar refractivity (Wildman–Crippen MR) is 75.5 cm³/mol. The van der Waals surface area contributed by atoms with Crippen molar-refractivity contribution in [1.82, 2.24) is 0 Å². The third-order valence-electron chi connectivity index (χ3n) is 3.09. The zero-order valence-electron chi connectivity index (χ0n) is 11.0. The summed E-state index contributed by atoms with van der Waals surface area (Å²) in [6.07, 6.45) is -4.12. The highest BCUT2D eigenvalue weighted by Gasteiger charge is 2.34. The summed E-state index contributed by atoms with van der Waals surface area (Å²) >= 11 is 5.75. The Morgan fingerprint density at radius 2 is 1.62 bits per heavy atom. The molecule has 0 spiro atoms. The largest absolute Gasteiger partial charge is 0.417 e. The third kappa shape index (κ3) is 4.08. The van der Waals surface area contributed by atoms with Gasteiger partial charge < -0.3 is 0 Å². The van der Waals surface area contributed by atoms with E-state index >= 15 is 0 Å². The lowest BCUT2D eigenvalue weighted by Crippen LogP contribution is -2.13. The number of Topliss-reactive ketones (excluding diaryl/α,β-unsaturated/α-hetero) is 1. The number of alkyl halides is 3. The molecule has 2 aromatic rings. The van der Waals surface area contributed by atoms with Crippen LogP contribution in [0.5, 0.6) is 0 Å². The van der Waals surface area contributed by atoms with Gasteiger partial charge in [-0.2, -0.15) is 13.2 Å². The molecule has 0 aliphatic rings. The zero-order valence-corrected chi connectivity index (χ0v) is 11.7. The van der Waals surface area contributed by atoms with Gasteiger partial charge in [0.1, 0.15) is 0 Å². The number of carbonyl (C=O) groups is 1. The lowest BCUT2D eigenvalue weighted by atomic mass is 9.98. The number of hydrogen-bond acceptors (Lipinski definition) is 1. The van der Waals surface area contributed by atoms with Gasteiger partial charge in [0.15, 0.2) is 5.78 Å². The number of halogens is 4. The number of aryl methyl sites for hydroxylation is 1. The summed E-state index contributed by atoms with van der Waals surface area (Å²) in [5, 5.41) is 0.576. The maximum Gasteiger partial charge on any atom is 0.417 e. The smallest absolute Gasteiger partial charge is 0.294 e. The van der Waals surface area contributed by atoms with Crippen LogP contribution in [0.1, 0.15) is 27.9 Å². The van der Waals surface area contributed by atoms with Crippen molar-refractivity contribution < 1.29 is 18.0 Å². The standard InChI is InChI=1S/C16H12ClF3O/c17-12-8-5-11(6-9-12)7-10-15(21)13-3-1-2-4-14(13)16(18,19)20/h1-6,8-9H,7,10H2. The molecule has 2 aromatic carbocycles. The van der Waals surface area contributed by atoms with Gasteiger partial charge in [-0.25, -0.2) is 0 Å². The average molecular weight is 313 g/mol. The molecular weight excluding hydrogens is 301 g/mol. The van der Waals surface area contributed by atoms with Gasteiger partial charge in [0.25, 0.3) is 0 Å². The van der Waals surface area contributed by atoms with Crippen molar-refractivity contribution in [1.29, 1.82) is 0 Å². The van der Waals surface area contributed by atoms with Crippen LogP contribution in [0.15, 0.2) is 48.5 Å². The molecule has 1 nitrogen and oxygen atoms in total. The van der Waals surface area contributed by atoms with Crippen LogP contribution < -0.4 is 0 Å². The monoisotopic (exact) mass is 312 g/mol. The maximum absolute atomic E-state index is 12.8. The van der Waals surface area contributed by atoms with E-state index in [1.165, 1.54) is 18.2 Å². The van der Waals surface area contributed by atoms with Gasteiger partial charge in [-0.05, 0) is 30.2 Å². The first-order chi connectivity index (χ1) is 9.88. The minimum Gasteiger partial charge on any atom is -0.294 e. The van der Waals surface area contributed by atoms with Gasteiger partial charge in [0.2, 0.25) is 0 Å². The quantitative estimate of drug-likeness (QED) is 0.711. The van der Waals surface area contributed by atoms with Gasteiger partial charge in [-0.1, -0.05) is 41.9 Å². The lowest BCUT2D eigenvalue weighted by molar-refractivity contribution is -0.137. The van der Waals surface area contributed by atoms with Crippen molar-refractivity contribution in [2.45, 2.75) is 19.0 Å². The summed E-state index contributed by atoms with van der Waals surface area (Å²) in [4.78, 5) is 12.0. The van der Waals surface area contributed by atoms with Crippen LogP contribution in [0.3, 0.4) is 0 Å². The Bertz CT molecular complexity index is 633. The molecule has 21 heavy (non-hydrogen) atoms. The molecule has 0 heterocycles. The second-order valence-electron chi connectivity index (χ2n) is 4.59. The van der Waals surface area contributed by atoms with Gasteiger partial charge >= 0.3 is 6.18 Å². The van der Waals surface area contributed by atoms with Crippen molar-refractivity contribution in [3.8, 4) is 0 Å². The van der Waals surface area contributed by atoms with E-state index in [1.807, 2.05) is 0 Å². The SMILES string of the molecule is O=C(CCc1ccc(Cl)cc1)c1ccccc1C(F)(F)F. The van der Waals surface area contributed by atoms with Crippen LogP contribution in [-0.2, 0) is 12.6 Å². The molecule has 110 valence electrons. The van der Waals surface area contributed by atoms with Crippen LogP contribution >= 0.6 is 11.6 Å². The van der Waals surface area contributed by atoms with Crippen molar-refractivity contribution in [2.24, 2.45) is 0 Å². The van der Waals surface area contributed by atoms with Crippen molar-refractivity contribution in [3.05, 3.63) is 70.2 Å². The molecule has 0 saturated carbocycles. The minimum atomic E-state index is -4.52. The molecule has 5 heteroatoms. The van der Waals surface area contributed by atoms with Gasteiger partial charge in [-0.15, -0.1) is 0 Å². The molecule has 0 bridgehead atoms. The summed E-state index contributed by atoms with van der Waals surface area (Å²) in [5.41, 5.74) is -0.303. The van der Waals surface area contributed by atoms with Crippen LogP contribution in [0.25, 0.3) is 0 Å². The van der Waals surface area contributed by atoms with Crippen LogP contribution in [0, 0.1) is 0 Å². The van der Waals surface area contributed by atoms with E-state index in [4.69, 9.17) is 11.6 Å². The third-order valence-corrected chi connectivity index (χ3v) is 3.34. The molecule has 0 aromatic heterocycles. The van der Waals surface area contributed by atoms with Gasteiger partial charge in [0.05, 0.1) is 5.56 Å². The number of rotatable bonds is 4. The Balaban J connectivity index is 2.12. The number of ketones is 1. The Labute approximate surface area is 125 Å². The second-order valence-corrected chi connectivity index (χ2v) is 5.03. The average Bonchev–Trinajstić information content (AvgIpc) is 2.45. The summed E-state index contributed by atoms with van der Waals surface area (Å²) in [6.45, 7) is 0. The Morgan fingerprint density at radius 1 is 1.00 bits per heavy atom. The van der Waals surface area contributed by atoms with E-state index in [0.717, 1.165) is 11.6 Å². The minimum absolute atomic E-state index is 0.0225. The van der Waals surface area contributed by atoms with E-state index in [0.29, 0.717) is 11.4 Å². The Kier molecular flexibility index (Phi) is 4.68. The highest BCUT2D eigenvalue weighted by molar-refractivity contribution is 6.30. The molecular formula is C16H12ClF3O. The second kappa shape index (κ2) is 6.31. The number of benzene rings is 2. The Hall–Kier alpha value is -1.81. The topological polar surface area (TPSA) is 17.1 Å². The maximum atomic E-state index is 12.8. The number of hydrogen-bond donors (Lipinski definition) is 0. The molecule has 0 unspecified atom stereocenters. The van der Waals surface area contributed by atoms with Gasteiger partial charge in [0, 0.05) is 17.0 Å². The fourth-order valence-corrected chi connectivity index (χ4v) is 2.14. The fraction of sp³-hybridized carbons (Fsp3) is 0.188. The van der Waals surface area contributed by atoms with Crippen LogP contribution in [-0.4, -0.2) is 5.78 Å². The van der Waals surface area contributed by atoms with Crippen LogP contribution in [0.4, 0.5) is 13.2 Å². The van der Waals surface area contributed by atoms with Crippen LogP contribution in [0.2, 0.25) is 5.02 Å². The predicted octanol–water partition coefficient (Wildman–Crippen LogP) is 5.17. The van der Waals surface area contributed by atoms with Crippen molar-refractivity contribution in [3.63, 3.8) is 0 Å². The van der Waals surface area contributed by atoms with E-state index in [9.17, 15) is 18.0 Å². The van der Waals surface area contributed by atoms with Gasteiger partial charge in [-0.3, -0.25) is 4.79 Å². The summed E-state index contributed by atoms with van der Waals surface area (Å²) in [6, 6.07) is 11.7. The lowest BCUT2D eigenvalue weighted by Gasteiger charge is -2.11. The van der Waals surface area contributed by atoms with Crippen molar-refractivity contribution in [2.75, 3.05) is 0 Å². The summed E-state index contributed by atoms with van der Waals surface area (Å²) in [7, 11) is 0. The molecule has 0 radical (unpaired) electrons. The summed E-state index contributed by atoms with van der Waals surface area (Å²) in [5.74, 6) is -0.516. The molecule has 0 aliphatic carbocycles.